The Hall–Kier alpha value is -3.19. The molecule has 28 heavy (non-hydrogen) atoms. The molecule has 0 aromatic heterocycles. The highest BCUT2D eigenvalue weighted by molar-refractivity contribution is 7.90. The molecule has 0 spiro atoms. The van der Waals surface area contributed by atoms with E-state index in [0.29, 0.717) is 5.69 Å². The predicted octanol–water partition coefficient (Wildman–Crippen LogP) is 3.43. The molecule has 0 saturated heterocycles. The summed E-state index contributed by atoms with van der Waals surface area (Å²) >= 11 is 0. The molecule has 0 aliphatic rings. The van der Waals surface area contributed by atoms with Crippen molar-refractivity contribution in [2.75, 3.05) is 11.6 Å². The standard InChI is InChI=1S/C21H19NO5S/c1-14(27-21(24)16-10-12-17(13-11-16)28(2,25)26)20(23)22-19-9-5-7-15-6-3-4-8-18(15)19/h3-14H,1-2H3,(H,22,23). The SMILES string of the molecule is CC(OC(=O)c1ccc(S(C)(=O)=O)cc1)C(=O)Nc1cccc2ccccc12. The van der Waals surface area contributed by atoms with Gasteiger partial charge in [0.1, 0.15) is 0 Å². The maximum atomic E-state index is 12.4. The van der Waals surface area contributed by atoms with Crippen molar-refractivity contribution in [2.24, 2.45) is 0 Å². The number of rotatable bonds is 5. The number of ether oxygens (including phenoxy) is 1. The second-order valence-corrected chi connectivity index (χ2v) is 8.38. The fourth-order valence-corrected chi connectivity index (χ4v) is 3.32. The van der Waals surface area contributed by atoms with E-state index in [1.165, 1.54) is 31.2 Å². The van der Waals surface area contributed by atoms with Gasteiger partial charge in [-0.25, -0.2) is 13.2 Å². The van der Waals surface area contributed by atoms with E-state index in [9.17, 15) is 18.0 Å². The molecule has 1 amide bonds. The smallest absolute Gasteiger partial charge is 0.338 e. The van der Waals surface area contributed by atoms with E-state index in [0.717, 1.165) is 17.0 Å². The van der Waals surface area contributed by atoms with Gasteiger partial charge in [-0.3, -0.25) is 4.79 Å². The fourth-order valence-electron chi connectivity index (χ4n) is 2.69. The molecule has 3 aromatic rings. The van der Waals surface area contributed by atoms with E-state index < -0.39 is 27.8 Å². The summed E-state index contributed by atoms with van der Waals surface area (Å²) in [4.78, 5) is 24.8. The van der Waals surface area contributed by atoms with Gasteiger partial charge >= 0.3 is 5.97 Å². The average Bonchev–Trinajstić information content (AvgIpc) is 2.67. The minimum absolute atomic E-state index is 0.103. The third kappa shape index (κ3) is 4.37. The van der Waals surface area contributed by atoms with Gasteiger partial charge in [-0.2, -0.15) is 0 Å². The summed E-state index contributed by atoms with van der Waals surface area (Å²) in [5.41, 5.74) is 0.792. The van der Waals surface area contributed by atoms with E-state index in [1.54, 1.807) is 6.07 Å². The molecular formula is C21H19NO5S. The van der Waals surface area contributed by atoms with Crippen LogP contribution in [0.4, 0.5) is 5.69 Å². The van der Waals surface area contributed by atoms with Gasteiger partial charge in [-0.05, 0) is 42.6 Å². The Morgan fingerprint density at radius 3 is 2.25 bits per heavy atom. The van der Waals surface area contributed by atoms with Gasteiger partial charge < -0.3 is 10.1 Å². The fraction of sp³-hybridized carbons (Fsp3) is 0.143. The van der Waals surface area contributed by atoms with Gasteiger partial charge in [0.25, 0.3) is 5.91 Å². The van der Waals surface area contributed by atoms with Gasteiger partial charge in [0, 0.05) is 17.3 Å². The van der Waals surface area contributed by atoms with Gasteiger partial charge in [0.2, 0.25) is 0 Å². The van der Waals surface area contributed by atoms with Crippen LogP contribution < -0.4 is 5.32 Å². The highest BCUT2D eigenvalue weighted by Gasteiger charge is 2.20. The molecule has 0 fully saturated rings. The molecule has 3 rings (SSSR count). The van der Waals surface area contributed by atoms with Crippen LogP contribution in [0.25, 0.3) is 10.8 Å². The van der Waals surface area contributed by atoms with Crippen LogP contribution in [0.3, 0.4) is 0 Å². The van der Waals surface area contributed by atoms with Crippen molar-refractivity contribution in [2.45, 2.75) is 17.9 Å². The number of hydrogen-bond donors (Lipinski definition) is 1. The molecule has 3 aromatic carbocycles. The van der Waals surface area contributed by atoms with Gasteiger partial charge in [-0.1, -0.05) is 36.4 Å². The van der Waals surface area contributed by atoms with E-state index in [1.807, 2.05) is 36.4 Å². The lowest BCUT2D eigenvalue weighted by Gasteiger charge is -2.15. The van der Waals surface area contributed by atoms with Gasteiger partial charge in [-0.15, -0.1) is 0 Å². The first-order valence-electron chi connectivity index (χ1n) is 8.55. The van der Waals surface area contributed by atoms with Crippen molar-refractivity contribution in [1.29, 1.82) is 0 Å². The number of sulfone groups is 1. The molecule has 6 nitrogen and oxygen atoms in total. The molecule has 144 valence electrons. The monoisotopic (exact) mass is 397 g/mol. The molecule has 0 radical (unpaired) electrons. The van der Waals surface area contributed by atoms with E-state index in [2.05, 4.69) is 5.32 Å². The Balaban J connectivity index is 1.69. The van der Waals surface area contributed by atoms with Crippen LogP contribution >= 0.6 is 0 Å². The number of hydrogen-bond acceptors (Lipinski definition) is 5. The Kier molecular flexibility index (Phi) is 5.46. The summed E-state index contributed by atoms with van der Waals surface area (Å²) in [6.45, 7) is 1.48. The first-order chi connectivity index (χ1) is 13.3. The summed E-state index contributed by atoms with van der Waals surface area (Å²) in [6, 6.07) is 18.5. The minimum atomic E-state index is -3.35. The van der Waals surface area contributed by atoms with Crippen molar-refractivity contribution < 1.29 is 22.7 Å². The first kappa shape index (κ1) is 19.6. The minimum Gasteiger partial charge on any atom is -0.449 e. The van der Waals surface area contributed by atoms with Crippen LogP contribution in [0.5, 0.6) is 0 Å². The summed E-state index contributed by atoms with van der Waals surface area (Å²) in [5, 5.41) is 4.64. The summed E-state index contributed by atoms with van der Waals surface area (Å²) in [5.74, 6) is -1.17. The highest BCUT2D eigenvalue weighted by atomic mass is 32.2. The van der Waals surface area contributed by atoms with Crippen LogP contribution in [0.1, 0.15) is 17.3 Å². The quantitative estimate of drug-likeness (QED) is 0.666. The maximum absolute atomic E-state index is 12.4. The van der Waals surface area contributed by atoms with Crippen LogP contribution in [-0.2, 0) is 19.4 Å². The first-order valence-corrected chi connectivity index (χ1v) is 10.4. The van der Waals surface area contributed by atoms with E-state index >= 15 is 0 Å². The van der Waals surface area contributed by atoms with Crippen LogP contribution in [0, 0.1) is 0 Å². The molecule has 1 atom stereocenters. The molecule has 1 unspecified atom stereocenters. The molecule has 0 aliphatic heterocycles. The number of benzene rings is 3. The van der Waals surface area contributed by atoms with Crippen molar-refractivity contribution >= 4 is 38.2 Å². The number of nitrogens with one attached hydrogen (secondary N) is 1. The topological polar surface area (TPSA) is 89.5 Å². The molecule has 0 saturated carbocycles. The number of amides is 1. The highest BCUT2D eigenvalue weighted by Crippen LogP contribution is 2.23. The summed E-state index contributed by atoms with van der Waals surface area (Å²) in [7, 11) is -3.35. The lowest BCUT2D eigenvalue weighted by molar-refractivity contribution is -0.123. The molecule has 7 heteroatoms. The number of esters is 1. The predicted molar refractivity (Wildman–Crippen MR) is 107 cm³/mol. The van der Waals surface area contributed by atoms with E-state index in [-0.39, 0.29) is 10.5 Å². The number of anilines is 1. The molecular weight excluding hydrogens is 378 g/mol. The summed E-state index contributed by atoms with van der Waals surface area (Å²) < 4.78 is 28.2. The van der Waals surface area contributed by atoms with E-state index in [4.69, 9.17) is 4.74 Å². The number of carbonyl (C=O) groups excluding carboxylic acids is 2. The maximum Gasteiger partial charge on any atom is 0.338 e. The van der Waals surface area contributed by atoms with Crippen LogP contribution in [-0.4, -0.2) is 32.7 Å². The van der Waals surface area contributed by atoms with Crippen molar-refractivity contribution in [3.05, 3.63) is 72.3 Å². The van der Waals surface area contributed by atoms with Crippen molar-refractivity contribution in [1.82, 2.24) is 0 Å². The van der Waals surface area contributed by atoms with Crippen molar-refractivity contribution in [3.8, 4) is 0 Å². The van der Waals surface area contributed by atoms with Gasteiger partial charge in [0.05, 0.1) is 10.5 Å². The zero-order valence-corrected chi connectivity index (χ0v) is 16.2. The Morgan fingerprint density at radius 1 is 0.929 bits per heavy atom. The lowest BCUT2D eigenvalue weighted by atomic mass is 10.1. The second-order valence-electron chi connectivity index (χ2n) is 6.36. The van der Waals surface area contributed by atoms with Crippen LogP contribution in [0.15, 0.2) is 71.6 Å². The second kappa shape index (κ2) is 7.82. The lowest BCUT2D eigenvalue weighted by Crippen LogP contribution is -2.30. The zero-order chi connectivity index (χ0) is 20.3. The Labute approximate surface area is 163 Å². The Morgan fingerprint density at radius 2 is 1.57 bits per heavy atom. The third-order valence-corrected chi connectivity index (χ3v) is 5.35. The largest absolute Gasteiger partial charge is 0.449 e. The average molecular weight is 397 g/mol. The zero-order valence-electron chi connectivity index (χ0n) is 15.4. The molecule has 0 heterocycles. The molecule has 0 aliphatic carbocycles. The van der Waals surface area contributed by atoms with Crippen LogP contribution in [0.2, 0.25) is 0 Å². The third-order valence-electron chi connectivity index (χ3n) is 4.22. The van der Waals surface area contributed by atoms with Gasteiger partial charge in [0.15, 0.2) is 15.9 Å². The number of carbonyl (C=O) groups is 2. The summed E-state index contributed by atoms with van der Waals surface area (Å²) in [6.07, 6.45) is 0.0566. The normalized spacial score (nSPS) is 12.4. The Bertz CT molecular complexity index is 1130. The molecule has 0 bridgehead atoms. The number of fused-ring (bicyclic) bond motifs is 1. The molecule has 1 N–H and O–H groups in total. The van der Waals surface area contributed by atoms with Crippen molar-refractivity contribution in [3.63, 3.8) is 0 Å².